The number of nitrogens with one attached hydrogen (secondary N) is 1. The molecule has 0 bridgehead atoms. The molecule has 0 saturated carbocycles. The van der Waals surface area contributed by atoms with Gasteiger partial charge in [0.25, 0.3) is 0 Å². The average Bonchev–Trinajstić information content (AvgIpc) is 2.24. The molecule has 0 fully saturated rings. The van der Waals surface area contributed by atoms with E-state index in [2.05, 4.69) is 4.72 Å². The summed E-state index contributed by atoms with van der Waals surface area (Å²) in [7, 11) is -7.57. The first kappa shape index (κ1) is 15.1. The lowest BCUT2D eigenvalue weighted by molar-refractivity contribution is 0.182. The van der Waals surface area contributed by atoms with E-state index in [-0.39, 0.29) is 6.54 Å². The standard InChI is InChI=1S/C10H15NO5S2/c1-17(13,14)8-18(15,16)11-7-10(12)9-5-3-2-4-6-9/h2-6,10-12H,7-8H2,1H3. The van der Waals surface area contributed by atoms with E-state index in [1.165, 1.54) is 0 Å². The zero-order valence-electron chi connectivity index (χ0n) is 9.78. The van der Waals surface area contributed by atoms with Gasteiger partial charge >= 0.3 is 0 Å². The van der Waals surface area contributed by atoms with E-state index in [1.807, 2.05) is 0 Å². The molecule has 0 aliphatic heterocycles. The summed E-state index contributed by atoms with van der Waals surface area (Å²) in [5.74, 6) is 0. The van der Waals surface area contributed by atoms with Gasteiger partial charge in [-0.3, -0.25) is 0 Å². The first-order valence-corrected chi connectivity index (χ1v) is 8.79. The summed E-state index contributed by atoms with van der Waals surface area (Å²) < 4.78 is 46.6. The van der Waals surface area contributed by atoms with Crippen LogP contribution in [0.15, 0.2) is 30.3 Å². The Balaban J connectivity index is 2.61. The highest BCUT2D eigenvalue weighted by molar-refractivity contribution is 8.06. The third-order valence-electron chi connectivity index (χ3n) is 2.05. The molecule has 8 heteroatoms. The fourth-order valence-electron chi connectivity index (χ4n) is 1.32. The van der Waals surface area contributed by atoms with Crippen molar-refractivity contribution in [2.24, 2.45) is 0 Å². The minimum absolute atomic E-state index is 0.262. The molecule has 1 unspecified atom stereocenters. The van der Waals surface area contributed by atoms with E-state index in [1.54, 1.807) is 30.3 Å². The van der Waals surface area contributed by atoms with Gasteiger partial charge in [-0.2, -0.15) is 0 Å². The maximum atomic E-state index is 11.4. The number of benzene rings is 1. The highest BCUT2D eigenvalue weighted by Crippen LogP contribution is 2.10. The second-order valence-electron chi connectivity index (χ2n) is 3.93. The Hall–Kier alpha value is -0.960. The van der Waals surface area contributed by atoms with Crippen LogP contribution in [0.1, 0.15) is 11.7 Å². The maximum Gasteiger partial charge on any atom is 0.226 e. The fraction of sp³-hybridized carbons (Fsp3) is 0.400. The lowest BCUT2D eigenvalue weighted by Crippen LogP contribution is -2.33. The summed E-state index contributed by atoms with van der Waals surface area (Å²) in [5, 5.41) is 8.72. The molecule has 0 aliphatic carbocycles. The zero-order chi connectivity index (χ0) is 13.8. The number of aliphatic hydroxyl groups excluding tert-OH is 1. The van der Waals surface area contributed by atoms with Crippen LogP contribution in [0.4, 0.5) is 0 Å². The Morgan fingerprint density at radius 2 is 1.72 bits per heavy atom. The highest BCUT2D eigenvalue weighted by Gasteiger charge is 2.19. The molecule has 0 aromatic heterocycles. The van der Waals surface area contributed by atoms with Crippen molar-refractivity contribution in [1.29, 1.82) is 0 Å². The van der Waals surface area contributed by atoms with Gasteiger partial charge in [0.2, 0.25) is 10.0 Å². The predicted molar refractivity (Wildman–Crippen MR) is 68.0 cm³/mol. The number of aliphatic hydroxyl groups is 1. The Morgan fingerprint density at radius 1 is 1.17 bits per heavy atom. The summed E-state index contributed by atoms with van der Waals surface area (Å²) in [6.07, 6.45) is -0.180. The van der Waals surface area contributed by atoms with Crippen LogP contribution in [0, 0.1) is 0 Å². The number of rotatable bonds is 6. The number of sulfone groups is 1. The molecule has 0 amide bonds. The molecule has 102 valence electrons. The third-order valence-corrected chi connectivity index (χ3v) is 5.61. The van der Waals surface area contributed by atoms with Crippen molar-refractivity contribution in [3.05, 3.63) is 35.9 Å². The van der Waals surface area contributed by atoms with E-state index in [9.17, 15) is 21.9 Å². The molecule has 0 spiro atoms. The summed E-state index contributed by atoms with van der Waals surface area (Å²) in [6.45, 7) is -0.262. The molecule has 1 atom stereocenters. The van der Waals surface area contributed by atoms with Gasteiger partial charge in [-0.05, 0) is 5.56 Å². The van der Waals surface area contributed by atoms with Crippen LogP contribution in [-0.2, 0) is 19.9 Å². The zero-order valence-corrected chi connectivity index (χ0v) is 11.4. The molecule has 18 heavy (non-hydrogen) atoms. The van der Waals surface area contributed by atoms with E-state index >= 15 is 0 Å². The number of hydrogen-bond donors (Lipinski definition) is 2. The molecule has 1 aromatic rings. The Bertz CT molecular complexity index is 580. The van der Waals surface area contributed by atoms with Crippen molar-refractivity contribution < 1.29 is 21.9 Å². The van der Waals surface area contributed by atoms with Crippen molar-refractivity contribution in [1.82, 2.24) is 4.72 Å². The second kappa shape index (κ2) is 5.79. The van der Waals surface area contributed by atoms with Gasteiger partial charge in [0.1, 0.15) is 0 Å². The Kier molecular flexibility index (Phi) is 4.85. The molecule has 0 radical (unpaired) electrons. The SMILES string of the molecule is CS(=O)(=O)CS(=O)(=O)NCC(O)c1ccccc1. The molecular formula is C10H15NO5S2. The van der Waals surface area contributed by atoms with Gasteiger partial charge in [-0.1, -0.05) is 30.3 Å². The van der Waals surface area contributed by atoms with Crippen molar-refractivity contribution in [2.75, 3.05) is 17.9 Å². The smallest absolute Gasteiger partial charge is 0.226 e. The van der Waals surface area contributed by atoms with Crippen LogP contribution in [-0.4, -0.2) is 39.8 Å². The lowest BCUT2D eigenvalue weighted by Gasteiger charge is -2.12. The minimum Gasteiger partial charge on any atom is -0.387 e. The summed E-state index contributed by atoms with van der Waals surface area (Å²) >= 11 is 0. The first-order chi connectivity index (χ1) is 8.20. The van der Waals surface area contributed by atoms with Gasteiger partial charge in [0.15, 0.2) is 14.9 Å². The monoisotopic (exact) mass is 293 g/mol. The van der Waals surface area contributed by atoms with Crippen molar-refractivity contribution in [3.8, 4) is 0 Å². The topological polar surface area (TPSA) is 101 Å². The Labute approximate surface area is 107 Å². The molecular weight excluding hydrogens is 278 g/mol. The van der Waals surface area contributed by atoms with Crippen LogP contribution in [0.2, 0.25) is 0 Å². The molecule has 1 aromatic carbocycles. The molecule has 1 rings (SSSR count). The van der Waals surface area contributed by atoms with E-state index in [0.717, 1.165) is 6.26 Å². The maximum absolute atomic E-state index is 11.4. The fourth-order valence-corrected chi connectivity index (χ4v) is 4.32. The van der Waals surface area contributed by atoms with E-state index in [4.69, 9.17) is 0 Å². The van der Waals surface area contributed by atoms with E-state index in [0.29, 0.717) is 5.56 Å². The lowest BCUT2D eigenvalue weighted by atomic mass is 10.1. The summed E-state index contributed by atoms with van der Waals surface area (Å²) in [4.78, 5) is 0. The summed E-state index contributed by atoms with van der Waals surface area (Å²) in [5.41, 5.74) is 0.555. The van der Waals surface area contributed by atoms with Crippen molar-refractivity contribution in [3.63, 3.8) is 0 Å². The molecule has 0 heterocycles. The molecule has 0 saturated heterocycles. The van der Waals surface area contributed by atoms with Gasteiger partial charge in [-0.15, -0.1) is 0 Å². The van der Waals surface area contributed by atoms with Crippen LogP contribution >= 0.6 is 0 Å². The minimum atomic E-state index is -3.94. The van der Waals surface area contributed by atoms with Gasteiger partial charge in [0, 0.05) is 12.8 Å². The third kappa shape index (κ3) is 5.58. The largest absolute Gasteiger partial charge is 0.387 e. The van der Waals surface area contributed by atoms with Crippen LogP contribution in [0.5, 0.6) is 0 Å². The predicted octanol–water partition coefficient (Wildman–Crippen LogP) is -0.358. The number of sulfonamides is 1. The van der Waals surface area contributed by atoms with Crippen molar-refractivity contribution >= 4 is 19.9 Å². The normalized spacial score (nSPS) is 14.3. The first-order valence-electron chi connectivity index (χ1n) is 5.08. The average molecular weight is 293 g/mol. The summed E-state index contributed by atoms with van der Waals surface area (Å²) in [6, 6.07) is 8.49. The second-order valence-corrected chi connectivity index (χ2v) is 8.25. The van der Waals surface area contributed by atoms with Gasteiger partial charge in [-0.25, -0.2) is 21.6 Å². The van der Waals surface area contributed by atoms with Gasteiger partial charge in [0.05, 0.1) is 6.10 Å². The molecule has 6 nitrogen and oxygen atoms in total. The molecule has 2 N–H and O–H groups in total. The molecule has 0 aliphatic rings. The Morgan fingerprint density at radius 3 is 2.22 bits per heavy atom. The van der Waals surface area contributed by atoms with Crippen LogP contribution < -0.4 is 4.72 Å². The number of hydrogen-bond acceptors (Lipinski definition) is 5. The van der Waals surface area contributed by atoms with E-state index < -0.39 is 31.0 Å². The quantitative estimate of drug-likeness (QED) is 0.746. The van der Waals surface area contributed by atoms with Crippen molar-refractivity contribution in [2.45, 2.75) is 6.10 Å². The van der Waals surface area contributed by atoms with Crippen LogP contribution in [0.25, 0.3) is 0 Å². The highest BCUT2D eigenvalue weighted by atomic mass is 32.3. The van der Waals surface area contributed by atoms with Crippen LogP contribution in [0.3, 0.4) is 0 Å². The van der Waals surface area contributed by atoms with Gasteiger partial charge < -0.3 is 5.11 Å².